The third-order valence-corrected chi connectivity index (χ3v) is 7.94. The van der Waals surface area contributed by atoms with Crippen LogP contribution in [0.5, 0.6) is 0 Å². The maximum Gasteiger partial charge on any atom is 0.280 e. The van der Waals surface area contributed by atoms with Gasteiger partial charge in [0.05, 0.1) is 14.3 Å². The number of carbonyl (C=O) groups excluding carboxylic acids is 1. The molecule has 11 heteroatoms. The summed E-state index contributed by atoms with van der Waals surface area (Å²) in [6.07, 6.45) is 0.275. The quantitative estimate of drug-likeness (QED) is 0.641. The smallest absolute Gasteiger partial charge is 0.280 e. The molecule has 0 spiro atoms. The number of hydrogen-bond donors (Lipinski definition) is 2. The van der Waals surface area contributed by atoms with Gasteiger partial charge in [0, 0.05) is 17.6 Å². The molecule has 1 aliphatic rings. The Labute approximate surface area is 171 Å². The van der Waals surface area contributed by atoms with Crippen LogP contribution < -0.4 is 10.0 Å². The molecule has 6 nitrogen and oxygen atoms in total. The predicted molar refractivity (Wildman–Crippen MR) is 106 cm³/mol. The van der Waals surface area contributed by atoms with Crippen LogP contribution in [0.4, 0.5) is 10.1 Å². The van der Waals surface area contributed by atoms with Gasteiger partial charge >= 0.3 is 0 Å². The molecule has 1 aliphatic heterocycles. The Morgan fingerprint density at radius 2 is 2.08 bits per heavy atom. The zero-order chi connectivity index (χ0) is 19.1. The average molecular weight is 527 g/mol. The van der Waals surface area contributed by atoms with Crippen molar-refractivity contribution in [2.45, 2.75) is 18.5 Å². The maximum absolute atomic E-state index is 13.3. The number of nitrogens with one attached hydrogen (secondary N) is 2. The van der Waals surface area contributed by atoms with Crippen LogP contribution in [0.25, 0.3) is 0 Å². The van der Waals surface area contributed by atoms with Gasteiger partial charge in [-0.05, 0) is 68.6 Å². The number of halogens is 3. The van der Waals surface area contributed by atoms with Gasteiger partial charge in [0.25, 0.3) is 10.2 Å². The number of likely N-dealkylation sites (N-methyl/N-ethyl adjacent to an activating group) is 1. The molecular weight excluding hydrogens is 513 g/mol. The maximum atomic E-state index is 13.3. The minimum Gasteiger partial charge on any atom is -0.325 e. The number of anilines is 1. The zero-order valence-electron chi connectivity index (χ0n) is 13.4. The fraction of sp³-hybridized carbons (Fsp3) is 0.267. The molecule has 2 aromatic rings. The van der Waals surface area contributed by atoms with Crippen LogP contribution in [0.1, 0.15) is 17.3 Å². The number of hydrogen-bond acceptors (Lipinski definition) is 4. The van der Waals surface area contributed by atoms with Crippen LogP contribution in [-0.4, -0.2) is 31.7 Å². The lowest BCUT2D eigenvalue weighted by atomic mass is 10.1. The highest BCUT2D eigenvalue weighted by Gasteiger charge is 2.41. The van der Waals surface area contributed by atoms with E-state index in [2.05, 4.69) is 41.9 Å². The molecular formula is C15H14Br2FN3O3S2. The van der Waals surface area contributed by atoms with Crippen LogP contribution in [0.3, 0.4) is 0 Å². The van der Waals surface area contributed by atoms with Crippen molar-refractivity contribution < 1.29 is 17.6 Å². The monoisotopic (exact) mass is 525 g/mol. The van der Waals surface area contributed by atoms with Gasteiger partial charge in [0.2, 0.25) is 5.91 Å². The molecule has 2 heterocycles. The second-order valence-corrected chi connectivity index (χ2v) is 10.8. The van der Waals surface area contributed by atoms with Crippen molar-refractivity contribution in [1.82, 2.24) is 9.03 Å². The first-order chi connectivity index (χ1) is 12.2. The molecule has 1 saturated heterocycles. The highest BCUT2D eigenvalue weighted by atomic mass is 79.9. The van der Waals surface area contributed by atoms with Crippen LogP contribution in [0, 0.1) is 5.82 Å². The predicted octanol–water partition coefficient (Wildman–Crippen LogP) is 3.63. The van der Waals surface area contributed by atoms with E-state index in [1.165, 1.54) is 36.6 Å². The van der Waals surface area contributed by atoms with E-state index >= 15 is 0 Å². The lowest BCUT2D eigenvalue weighted by Crippen LogP contribution is -2.55. The fourth-order valence-electron chi connectivity index (χ4n) is 2.61. The van der Waals surface area contributed by atoms with E-state index in [4.69, 9.17) is 0 Å². The number of rotatable bonds is 3. The zero-order valence-corrected chi connectivity index (χ0v) is 18.2. The lowest BCUT2D eigenvalue weighted by molar-refractivity contribution is -0.120. The Bertz CT molecular complexity index is 951. The average Bonchev–Trinajstić information content (AvgIpc) is 2.99. The van der Waals surface area contributed by atoms with Crippen molar-refractivity contribution in [2.75, 3.05) is 12.4 Å². The summed E-state index contributed by atoms with van der Waals surface area (Å²) >= 11 is 7.82. The van der Waals surface area contributed by atoms with Gasteiger partial charge in [0.1, 0.15) is 11.9 Å². The fourth-order valence-corrected chi connectivity index (χ4v) is 5.82. The Balaban J connectivity index is 1.83. The summed E-state index contributed by atoms with van der Waals surface area (Å²) in [7, 11) is -2.45. The first-order valence-electron chi connectivity index (χ1n) is 7.44. The summed E-state index contributed by atoms with van der Waals surface area (Å²) in [5, 5.41) is 2.65. The number of benzene rings is 1. The van der Waals surface area contributed by atoms with Crippen LogP contribution >= 0.6 is 43.2 Å². The molecule has 1 amide bonds. The number of thiophene rings is 1. The van der Waals surface area contributed by atoms with E-state index in [0.717, 1.165) is 13.0 Å². The summed E-state index contributed by atoms with van der Waals surface area (Å²) in [5.74, 6) is -0.926. The second-order valence-electron chi connectivity index (χ2n) is 5.70. The Morgan fingerprint density at radius 3 is 2.69 bits per heavy atom. The van der Waals surface area contributed by atoms with Crippen molar-refractivity contribution in [1.29, 1.82) is 0 Å². The highest BCUT2D eigenvalue weighted by molar-refractivity contribution is 9.11. The molecule has 2 atom stereocenters. The van der Waals surface area contributed by atoms with Crippen molar-refractivity contribution >= 4 is 65.0 Å². The van der Waals surface area contributed by atoms with E-state index in [1.54, 1.807) is 0 Å². The lowest BCUT2D eigenvalue weighted by Gasteiger charge is -2.35. The van der Waals surface area contributed by atoms with Crippen LogP contribution in [0.15, 0.2) is 38.6 Å². The molecule has 1 aromatic carbocycles. The summed E-state index contributed by atoms with van der Waals surface area (Å²) in [6, 6.07) is 6.32. The molecule has 0 bridgehead atoms. The van der Waals surface area contributed by atoms with Gasteiger partial charge in [-0.2, -0.15) is 17.4 Å². The van der Waals surface area contributed by atoms with Gasteiger partial charge in [-0.3, -0.25) is 4.79 Å². The molecule has 0 saturated carbocycles. The first-order valence-corrected chi connectivity index (χ1v) is 11.3. The van der Waals surface area contributed by atoms with E-state index < -0.39 is 34.0 Å². The van der Waals surface area contributed by atoms with Gasteiger partial charge in [-0.25, -0.2) is 4.39 Å². The highest BCUT2D eigenvalue weighted by Crippen LogP contribution is 2.34. The number of amides is 1. The molecule has 1 aromatic heterocycles. The molecule has 26 heavy (non-hydrogen) atoms. The van der Waals surface area contributed by atoms with Crippen molar-refractivity contribution in [3.63, 3.8) is 0 Å². The third-order valence-electron chi connectivity index (χ3n) is 4.00. The molecule has 3 rings (SSSR count). The third kappa shape index (κ3) is 4.18. The Hall–Kier alpha value is -0.850. The molecule has 2 N–H and O–H groups in total. The molecule has 1 fully saturated rings. The summed E-state index contributed by atoms with van der Waals surface area (Å²) in [4.78, 5) is 13.5. The Morgan fingerprint density at radius 1 is 1.35 bits per heavy atom. The van der Waals surface area contributed by atoms with E-state index in [1.807, 2.05) is 12.1 Å². The molecule has 2 unspecified atom stereocenters. The van der Waals surface area contributed by atoms with Gasteiger partial charge in [-0.1, -0.05) is 0 Å². The largest absolute Gasteiger partial charge is 0.325 e. The van der Waals surface area contributed by atoms with Gasteiger partial charge in [0.15, 0.2) is 0 Å². The first kappa shape index (κ1) is 19.9. The minimum absolute atomic E-state index is 0.211. The van der Waals surface area contributed by atoms with Gasteiger partial charge < -0.3 is 5.32 Å². The summed E-state index contributed by atoms with van der Waals surface area (Å²) in [6.45, 7) is 0. The van der Waals surface area contributed by atoms with E-state index in [0.29, 0.717) is 5.69 Å². The summed E-state index contributed by atoms with van der Waals surface area (Å²) < 4.78 is 42.8. The second kappa shape index (κ2) is 7.64. The topological polar surface area (TPSA) is 78.5 Å². The van der Waals surface area contributed by atoms with Crippen molar-refractivity contribution in [3.05, 3.63) is 49.3 Å². The van der Waals surface area contributed by atoms with Crippen molar-refractivity contribution in [3.8, 4) is 0 Å². The van der Waals surface area contributed by atoms with Gasteiger partial charge in [-0.15, -0.1) is 11.3 Å². The number of carbonyl (C=O) groups is 1. The Kier molecular flexibility index (Phi) is 5.85. The summed E-state index contributed by atoms with van der Waals surface area (Å²) in [5.41, 5.74) is 0.378. The minimum atomic E-state index is -3.81. The SMILES string of the molecule is CN1C(C(=O)Nc2ccc(F)c(Br)c2)CC(c2ccc(Br)s2)NS1(=O)=O. The van der Waals surface area contributed by atoms with E-state index in [-0.39, 0.29) is 10.9 Å². The standard InChI is InChI=1S/C15H14Br2FN3O3S2/c1-21-12(15(22)19-8-2-3-10(18)9(16)6-8)7-11(20-26(21,23)24)13-4-5-14(17)25-13/h2-6,11-12,20H,7H2,1H3,(H,19,22). The molecule has 0 radical (unpaired) electrons. The van der Waals surface area contributed by atoms with Crippen molar-refractivity contribution in [2.24, 2.45) is 0 Å². The van der Waals surface area contributed by atoms with Crippen LogP contribution in [0.2, 0.25) is 0 Å². The molecule has 140 valence electrons. The van der Waals surface area contributed by atoms with Crippen LogP contribution in [-0.2, 0) is 15.0 Å². The van der Waals surface area contributed by atoms with E-state index in [9.17, 15) is 17.6 Å². The normalized spacial score (nSPS) is 22.9. The molecule has 0 aliphatic carbocycles. The number of nitrogens with zero attached hydrogens (tertiary/aromatic N) is 1.